The predicted molar refractivity (Wildman–Crippen MR) is 80.3 cm³/mol. The van der Waals surface area contributed by atoms with Gasteiger partial charge in [-0.3, -0.25) is 9.69 Å². The molecule has 2 aliphatic heterocycles. The van der Waals surface area contributed by atoms with Crippen LogP contribution in [0.3, 0.4) is 0 Å². The number of carbonyl (C=O) groups excluding carboxylic acids is 2. The first kappa shape index (κ1) is 15.1. The summed E-state index contributed by atoms with van der Waals surface area (Å²) in [4.78, 5) is 36.6. The number of hydrogen-bond acceptors (Lipinski definition) is 7. The first-order valence-electron chi connectivity index (χ1n) is 6.37. The number of fused-ring (bicyclic) bond motifs is 1. The molecule has 1 fully saturated rings. The van der Waals surface area contributed by atoms with E-state index in [9.17, 15) is 19.5 Å². The van der Waals surface area contributed by atoms with Crippen molar-refractivity contribution in [2.24, 2.45) is 5.73 Å². The molecule has 116 valence electrons. The van der Waals surface area contributed by atoms with Crippen LogP contribution in [0.15, 0.2) is 28.8 Å². The van der Waals surface area contributed by atoms with Crippen LogP contribution in [0.2, 0.25) is 0 Å². The van der Waals surface area contributed by atoms with Gasteiger partial charge in [0.15, 0.2) is 0 Å². The van der Waals surface area contributed by atoms with E-state index in [4.69, 9.17) is 10.5 Å². The molecule has 1 aromatic heterocycles. The quantitative estimate of drug-likeness (QED) is 0.606. The Bertz CT molecular complexity index is 670. The minimum Gasteiger partial charge on any atom is -0.477 e. The molecule has 2 aliphatic rings. The number of carboxylic acid groups (broad SMARTS) is 1. The molecule has 22 heavy (non-hydrogen) atoms. The van der Waals surface area contributed by atoms with Gasteiger partial charge in [-0.1, -0.05) is 6.07 Å². The molecule has 0 spiro atoms. The maximum Gasteiger partial charge on any atom is 0.352 e. The molecule has 1 aromatic rings. The summed E-state index contributed by atoms with van der Waals surface area (Å²) in [6.45, 7) is -0.156. The Morgan fingerprint density at radius 1 is 1.50 bits per heavy atom. The number of aliphatic carboxylic acids is 1. The highest BCUT2D eigenvalue weighted by atomic mass is 32.2. The Kier molecular flexibility index (Phi) is 3.94. The molecular formula is C13H12N2O5S2. The fourth-order valence-corrected chi connectivity index (χ4v) is 4.20. The molecule has 2 atom stereocenters. The lowest BCUT2D eigenvalue weighted by Crippen LogP contribution is -2.68. The molecule has 0 radical (unpaired) electrons. The zero-order valence-corrected chi connectivity index (χ0v) is 12.9. The molecule has 0 bridgehead atoms. The second-order valence-electron chi connectivity index (χ2n) is 4.75. The summed E-state index contributed by atoms with van der Waals surface area (Å²) >= 11 is 2.62. The van der Waals surface area contributed by atoms with Gasteiger partial charge >= 0.3 is 11.9 Å². The van der Waals surface area contributed by atoms with E-state index in [2.05, 4.69) is 0 Å². The van der Waals surface area contributed by atoms with Crippen LogP contribution < -0.4 is 5.73 Å². The second kappa shape index (κ2) is 5.75. The van der Waals surface area contributed by atoms with E-state index in [1.54, 1.807) is 17.5 Å². The Balaban J connectivity index is 1.77. The van der Waals surface area contributed by atoms with E-state index in [-0.39, 0.29) is 17.7 Å². The first-order valence-corrected chi connectivity index (χ1v) is 8.29. The average Bonchev–Trinajstić information content (AvgIpc) is 3.05. The van der Waals surface area contributed by atoms with Gasteiger partial charge in [-0.25, -0.2) is 9.59 Å². The normalized spacial score (nSPS) is 23.9. The highest BCUT2D eigenvalue weighted by molar-refractivity contribution is 8.00. The number of hydrogen-bond donors (Lipinski definition) is 2. The number of β-lactam (4-membered cyclic amide) rings is 1. The summed E-state index contributed by atoms with van der Waals surface area (Å²) in [5.41, 5.74) is 5.94. The predicted octanol–water partition coefficient (Wildman–Crippen LogP) is 0.486. The van der Waals surface area contributed by atoms with Crippen LogP contribution in [0.4, 0.5) is 0 Å². The maximum absolute atomic E-state index is 11.8. The van der Waals surface area contributed by atoms with Gasteiger partial charge in [0, 0.05) is 11.3 Å². The summed E-state index contributed by atoms with van der Waals surface area (Å²) in [6.07, 6.45) is 0. The van der Waals surface area contributed by atoms with Crippen LogP contribution in [-0.4, -0.2) is 51.6 Å². The maximum atomic E-state index is 11.8. The van der Waals surface area contributed by atoms with Crippen LogP contribution in [0.25, 0.3) is 0 Å². The zero-order valence-electron chi connectivity index (χ0n) is 11.2. The third kappa shape index (κ3) is 2.40. The van der Waals surface area contributed by atoms with Crippen LogP contribution in [0, 0.1) is 0 Å². The Morgan fingerprint density at radius 2 is 2.27 bits per heavy atom. The van der Waals surface area contributed by atoms with E-state index < -0.39 is 23.9 Å². The molecule has 3 heterocycles. The number of nitrogens with zero attached hydrogens (tertiary/aromatic N) is 1. The summed E-state index contributed by atoms with van der Waals surface area (Å²) in [7, 11) is 0. The number of rotatable bonds is 4. The van der Waals surface area contributed by atoms with Gasteiger partial charge in [0.05, 0.1) is 0 Å². The molecule has 1 unspecified atom stereocenters. The van der Waals surface area contributed by atoms with Crippen LogP contribution in [0.5, 0.6) is 0 Å². The molecule has 0 aliphatic carbocycles. The number of thioether (sulfide) groups is 1. The molecule has 7 nitrogen and oxygen atoms in total. The summed E-state index contributed by atoms with van der Waals surface area (Å²) in [5.74, 6) is -1.78. The average molecular weight is 340 g/mol. The number of carbonyl (C=O) groups is 3. The minimum atomic E-state index is -1.22. The molecule has 0 saturated carbocycles. The van der Waals surface area contributed by atoms with Crippen molar-refractivity contribution in [3.63, 3.8) is 0 Å². The van der Waals surface area contributed by atoms with Gasteiger partial charge in [-0.2, -0.15) is 0 Å². The Labute approximate surface area is 133 Å². The lowest BCUT2D eigenvalue weighted by atomic mass is 10.0. The van der Waals surface area contributed by atoms with Crippen molar-refractivity contribution in [1.29, 1.82) is 0 Å². The minimum absolute atomic E-state index is 0.116. The van der Waals surface area contributed by atoms with Gasteiger partial charge in [0.25, 0.3) is 0 Å². The lowest BCUT2D eigenvalue weighted by molar-refractivity contribution is -0.148. The topological polar surface area (TPSA) is 110 Å². The van der Waals surface area contributed by atoms with E-state index in [1.807, 2.05) is 0 Å². The van der Waals surface area contributed by atoms with Gasteiger partial charge in [-0.05, 0) is 11.4 Å². The number of carboxylic acids is 1. The van der Waals surface area contributed by atoms with Gasteiger partial charge in [-0.15, -0.1) is 23.1 Å². The van der Waals surface area contributed by atoms with Crippen LogP contribution >= 0.6 is 23.1 Å². The van der Waals surface area contributed by atoms with Crippen molar-refractivity contribution < 1.29 is 24.2 Å². The summed E-state index contributed by atoms with van der Waals surface area (Å²) < 4.78 is 5.14. The number of amides is 1. The van der Waals surface area contributed by atoms with E-state index >= 15 is 0 Å². The van der Waals surface area contributed by atoms with Crippen molar-refractivity contribution in [3.05, 3.63) is 33.7 Å². The van der Waals surface area contributed by atoms with Gasteiger partial charge in [0.2, 0.25) is 5.91 Å². The first-order chi connectivity index (χ1) is 10.5. The molecule has 3 rings (SSSR count). The molecule has 1 saturated heterocycles. The molecular weight excluding hydrogens is 328 g/mol. The van der Waals surface area contributed by atoms with E-state index in [1.165, 1.54) is 28.0 Å². The molecule has 9 heteroatoms. The number of ether oxygens (including phenoxy) is 1. The van der Waals surface area contributed by atoms with Crippen molar-refractivity contribution in [2.75, 3.05) is 12.4 Å². The van der Waals surface area contributed by atoms with Gasteiger partial charge < -0.3 is 15.6 Å². The van der Waals surface area contributed by atoms with Gasteiger partial charge in [0.1, 0.15) is 28.6 Å². The monoisotopic (exact) mass is 340 g/mol. The summed E-state index contributed by atoms with van der Waals surface area (Å²) in [6, 6.07) is 2.68. The molecule has 1 amide bonds. The standard InChI is InChI=1S/C13H12N2O5S2/c14-8-10(16)15-9(12(17)18)6(5-22-11(8)15)4-20-13(19)7-2-1-3-21-7/h1-3,8,11H,4-5,14H2,(H,17,18)/t8?,11-/m1/s1. The highest BCUT2D eigenvalue weighted by Crippen LogP contribution is 2.39. The molecule has 0 aromatic carbocycles. The Morgan fingerprint density at radius 3 is 2.91 bits per heavy atom. The number of esters is 1. The van der Waals surface area contributed by atoms with Crippen molar-refractivity contribution in [2.45, 2.75) is 11.4 Å². The molecule has 3 N–H and O–H groups in total. The second-order valence-corrected chi connectivity index (χ2v) is 6.80. The van der Waals surface area contributed by atoms with Crippen molar-refractivity contribution in [1.82, 2.24) is 4.90 Å². The largest absolute Gasteiger partial charge is 0.477 e. The smallest absolute Gasteiger partial charge is 0.352 e. The SMILES string of the molecule is NC1C(=O)N2C(C(=O)O)=C(COC(=O)c3cccs3)CS[C@H]12. The van der Waals surface area contributed by atoms with Crippen molar-refractivity contribution >= 4 is 40.9 Å². The Hall–Kier alpha value is -1.84. The van der Waals surface area contributed by atoms with Crippen molar-refractivity contribution in [3.8, 4) is 0 Å². The van der Waals surface area contributed by atoms with E-state index in [0.717, 1.165) is 0 Å². The summed E-state index contributed by atoms with van der Waals surface area (Å²) in [5, 5.41) is 10.7. The van der Waals surface area contributed by atoms with E-state index in [0.29, 0.717) is 16.2 Å². The number of thiophene rings is 1. The van der Waals surface area contributed by atoms with Crippen LogP contribution in [-0.2, 0) is 14.3 Å². The lowest BCUT2D eigenvalue weighted by Gasteiger charge is -2.47. The number of nitrogens with two attached hydrogens (primary N) is 1. The highest BCUT2D eigenvalue weighted by Gasteiger charge is 2.51. The fourth-order valence-electron chi connectivity index (χ4n) is 2.31. The fraction of sp³-hybridized carbons (Fsp3) is 0.308. The third-order valence-electron chi connectivity index (χ3n) is 3.39. The zero-order chi connectivity index (χ0) is 15.9. The third-order valence-corrected chi connectivity index (χ3v) is 5.60. The van der Waals surface area contributed by atoms with Crippen LogP contribution in [0.1, 0.15) is 9.67 Å².